The quantitative estimate of drug-likeness (QED) is 0.602. The molecule has 90 valence electrons. The van der Waals surface area contributed by atoms with Crippen LogP contribution in [0.5, 0.6) is 5.75 Å². The number of pyridine rings is 1. The van der Waals surface area contributed by atoms with Crippen LogP contribution in [0.4, 0.5) is 0 Å². The molecule has 2 nitrogen and oxygen atoms in total. The molecule has 0 fully saturated rings. The Balaban J connectivity index is 2.52. The van der Waals surface area contributed by atoms with Gasteiger partial charge in [0.05, 0.1) is 17.6 Å². The third-order valence-corrected chi connectivity index (χ3v) is 3.53. The standard InChI is InChI=1S/C14H9Cl2NO/c1-18-12-4-2-3-10-13(16)9-6-5-8(15)7-11(9)17-14(10)12/h2-7H,1H3. The smallest absolute Gasteiger partial charge is 0.145 e. The second-order valence-electron chi connectivity index (χ2n) is 3.94. The number of methoxy groups -OCH3 is 1. The predicted molar refractivity (Wildman–Crippen MR) is 75.8 cm³/mol. The summed E-state index contributed by atoms with van der Waals surface area (Å²) >= 11 is 12.4. The van der Waals surface area contributed by atoms with Crippen molar-refractivity contribution in [3.8, 4) is 5.75 Å². The van der Waals surface area contributed by atoms with Crippen LogP contribution in [-0.2, 0) is 0 Å². The van der Waals surface area contributed by atoms with Crippen molar-refractivity contribution in [3.63, 3.8) is 0 Å². The molecule has 2 aromatic carbocycles. The van der Waals surface area contributed by atoms with Crippen molar-refractivity contribution in [1.82, 2.24) is 4.98 Å². The maximum atomic E-state index is 6.42. The van der Waals surface area contributed by atoms with Crippen LogP contribution in [0.25, 0.3) is 21.8 Å². The Hall–Kier alpha value is -1.51. The Morgan fingerprint density at radius 3 is 2.67 bits per heavy atom. The highest BCUT2D eigenvalue weighted by molar-refractivity contribution is 6.40. The summed E-state index contributed by atoms with van der Waals surface area (Å²) in [4.78, 5) is 4.58. The number of fused-ring (bicyclic) bond motifs is 2. The number of nitrogens with zero attached hydrogens (tertiary/aromatic N) is 1. The fraction of sp³-hybridized carbons (Fsp3) is 0.0714. The average molecular weight is 278 g/mol. The minimum Gasteiger partial charge on any atom is -0.494 e. The van der Waals surface area contributed by atoms with Crippen molar-refractivity contribution in [2.45, 2.75) is 0 Å². The highest BCUT2D eigenvalue weighted by atomic mass is 35.5. The van der Waals surface area contributed by atoms with Crippen LogP contribution >= 0.6 is 23.2 Å². The molecule has 0 bridgehead atoms. The molecule has 0 saturated carbocycles. The molecular weight excluding hydrogens is 269 g/mol. The first-order chi connectivity index (χ1) is 8.70. The number of rotatable bonds is 1. The number of ether oxygens (including phenoxy) is 1. The van der Waals surface area contributed by atoms with E-state index >= 15 is 0 Å². The second-order valence-corrected chi connectivity index (χ2v) is 4.76. The molecule has 3 rings (SSSR count). The number of aromatic nitrogens is 1. The van der Waals surface area contributed by atoms with Crippen molar-refractivity contribution in [3.05, 3.63) is 46.4 Å². The van der Waals surface area contributed by atoms with Crippen LogP contribution in [0.1, 0.15) is 0 Å². The van der Waals surface area contributed by atoms with Crippen LogP contribution < -0.4 is 4.74 Å². The van der Waals surface area contributed by atoms with Gasteiger partial charge in [0.15, 0.2) is 0 Å². The summed E-state index contributed by atoms with van der Waals surface area (Å²) in [6.45, 7) is 0. The van der Waals surface area contributed by atoms with E-state index in [1.54, 1.807) is 13.2 Å². The lowest BCUT2D eigenvalue weighted by Crippen LogP contribution is -1.90. The Morgan fingerprint density at radius 1 is 1.06 bits per heavy atom. The first-order valence-electron chi connectivity index (χ1n) is 5.42. The molecule has 1 aromatic heterocycles. The van der Waals surface area contributed by atoms with E-state index in [4.69, 9.17) is 27.9 Å². The molecule has 0 spiro atoms. The van der Waals surface area contributed by atoms with Crippen molar-refractivity contribution >= 4 is 45.0 Å². The summed E-state index contributed by atoms with van der Waals surface area (Å²) < 4.78 is 5.31. The van der Waals surface area contributed by atoms with Gasteiger partial charge in [-0.15, -0.1) is 0 Å². The molecular formula is C14H9Cl2NO. The minimum atomic E-state index is 0.639. The Labute approximate surface area is 114 Å². The fourth-order valence-electron chi connectivity index (χ4n) is 2.03. The SMILES string of the molecule is COc1cccc2c(Cl)c3ccc(Cl)cc3nc12. The van der Waals surface area contributed by atoms with E-state index in [0.29, 0.717) is 15.8 Å². The van der Waals surface area contributed by atoms with Gasteiger partial charge >= 0.3 is 0 Å². The maximum absolute atomic E-state index is 6.42. The van der Waals surface area contributed by atoms with Gasteiger partial charge < -0.3 is 4.74 Å². The fourth-order valence-corrected chi connectivity index (χ4v) is 2.51. The number of hydrogen-bond acceptors (Lipinski definition) is 2. The van der Waals surface area contributed by atoms with E-state index in [2.05, 4.69) is 4.98 Å². The zero-order valence-corrected chi connectivity index (χ0v) is 11.1. The summed E-state index contributed by atoms with van der Waals surface area (Å²) in [6.07, 6.45) is 0. The highest BCUT2D eigenvalue weighted by Crippen LogP contribution is 2.35. The van der Waals surface area contributed by atoms with Crippen LogP contribution in [-0.4, -0.2) is 12.1 Å². The van der Waals surface area contributed by atoms with Crippen molar-refractivity contribution < 1.29 is 4.74 Å². The Morgan fingerprint density at radius 2 is 1.89 bits per heavy atom. The molecule has 0 unspecified atom stereocenters. The maximum Gasteiger partial charge on any atom is 0.145 e. The van der Waals surface area contributed by atoms with E-state index in [0.717, 1.165) is 21.8 Å². The molecule has 0 aliphatic carbocycles. The van der Waals surface area contributed by atoms with Gasteiger partial charge in [-0.2, -0.15) is 0 Å². The van der Waals surface area contributed by atoms with E-state index in [1.165, 1.54) is 0 Å². The molecule has 18 heavy (non-hydrogen) atoms. The van der Waals surface area contributed by atoms with Crippen LogP contribution in [0.3, 0.4) is 0 Å². The zero-order valence-electron chi connectivity index (χ0n) is 9.58. The molecule has 3 aromatic rings. The van der Waals surface area contributed by atoms with E-state index < -0.39 is 0 Å². The lowest BCUT2D eigenvalue weighted by atomic mass is 10.1. The van der Waals surface area contributed by atoms with Gasteiger partial charge in [-0.1, -0.05) is 35.3 Å². The van der Waals surface area contributed by atoms with Gasteiger partial charge in [0.2, 0.25) is 0 Å². The summed E-state index contributed by atoms with van der Waals surface area (Å²) in [5.74, 6) is 0.705. The molecule has 0 aliphatic heterocycles. The molecule has 0 aliphatic rings. The minimum absolute atomic E-state index is 0.639. The third-order valence-electron chi connectivity index (χ3n) is 2.88. The van der Waals surface area contributed by atoms with Gasteiger partial charge in [0.25, 0.3) is 0 Å². The largest absolute Gasteiger partial charge is 0.494 e. The zero-order chi connectivity index (χ0) is 12.7. The normalized spacial score (nSPS) is 11.1. The summed E-state index contributed by atoms with van der Waals surface area (Å²) in [5.41, 5.74) is 1.52. The monoisotopic (exact) mass is 277 g/mol. The lowest BCUT2D eigenvalue weighted by Gasteiger charge is -2.08. The molecule has 0 N–H and O–H groups in total. The first kappa shape index (κ1) is 11.6. The number of hydrogen-bond donors (Lipinski definition) is 0. The van der Waals surface area contributed by atoms with Gasteiger partial charge in [-0.25, -0.2) is 4.98 Å². The van der Waals surface area contributed by atoms with Crippen molar-refractivity contribution in [2.24, 2.45) is 0 Å². The van der Waals surface area contributed by atoms with E-state index in [9.17, 15) is 0 Å². The van der Waals surface area contributed by atoms with Crippen molar-refractivity contribution in [1.29, 1.82) is 0 Å². The van der Waals surface area contributed by atoms with Gasteiger partial charge in [0.1, 0.15) is 11.3 Å². The number of para-hydroxylation sites is 1. The highest BCUT2D eigenvalue weighted by Gasteiger charge is 2.10. The molecule has 1 heterocycles. The van der Waals surface area contributed by atoms with Gasteiger partial charge in [-0.05, 0) is 24.3 Å². The predicted octanol–water partition coefficient (Wildman–Crippen LogP) is 4.70. The van der Waals surface area contributed by atoms with Crippen LogP contribution in [0, 0.1) is 0 Å². The molecule has 0 atom stereocenters. The summed E-state index contributed by atoms with van der Waals surface area (Å²) in [6, 6.07) is 11.2. The average Bonchev–Trinajstić information content (AvgIpc) is 2.38. The van der Waals surface area contributed by atoms with E-state index in [1.807, 2.05) is 30.3 Å². The second kappa shape index (κ2) is 4.30. The third kappa shape index (κ3) is 1.69. The first-order valence-corrected chi connectivity index (χ1v) is 6.18. The lowest BCUT2D eigenvalue weighted by molar-refractivity contribution is 0.419. The molecule has 0 saturated heterocycles. The van der Waals surface area contributed by atoms with Crippen molar-refractivity contribution in [2.75, 3.05) is 7.11 Å². The summed E-state index contributed by atoms with van der Waals surface area (Å²) in [7, 11) is 1.62. The number of halogens is 2. The van der Waals surface area contributed by atoms with E-state index in [-0.39, 0.29) is 0 Å². The Bertz CT molecular complexity index is 755. The topological polar surface area (TPSA) is 22.1 Å². The van der Waals surface area contributed by atoms with Gasteiger partial charge in [0, 0.05) is 15.8 Å². The number of benzene rings is 2. The van der Waals surface area contributed by atoms with Crippen LogP contribution in [0.2, 0.25) is 10.0 Å². The van der Waals surface area contributed by atoms with Gasteiger partial charge in [-0.3, -0.25) is 0 Å². The molecule has 0 amide bonds. The summed E-state index contributed by atoms with van der Waals surface area (Å²) in [5, 5.41) is 3.08. The molecule has 4 heteroatoms. The Kier molecular flexibility index (Phi) is 2.77. The molecule has 0 radical (unpaired) electrons. The van der Waals surface area contributed by atoms with Crippen LogP contribution in [0.15, 0.2) is 36.4 Å².